The molecule has 0 aliphatic heterocycles. The Morgan fingerprint density at radius 1 is 1.27 bits per heavy atom. The van der Waals surface area contributed by atoms with Gasteiger partial charge in [-0.2, -0.15) is 0 Å². The lowest BCUT2D eigenvalue weighted by Gasteiger charge is -2.29. The lowest BCUT2D eigenvalue weighted by atomic mass is 9.86. The Bertz CT molecular complexity index is 478. The third-order valence-electron chi connectivity index (χ3n) is 4.86. The standard InChI is InChI=1S/C18H27NO3/c1-17(22,12-9-15-7-3-2-4-8-15)16(21)19-13-18(14-20)10-5-6-11-18/h2-4,7-8,20,22H,5-6,9-14H2,1H3,(H,19,21)/t17-/m0/s1. The minimum absolute atomic E-state index is 0.0967. The molecule has 0 unspecified atom stereocenters. The van der Waals surface area contributed by atoms with Gasteiger partial charge in [0.1, 0.15) is 5.60 Å². The smallest absolute Gasteiger partial charge is 0.251 e. The highest BCUT2D eigenvalue weighted by molar-refractivity contribution is 5.84. The third kappa shape index (κ3) is 4.31. The first kappa shape index (κ1) is 17.0. The number of carbonyl (C=O) groups is 1. The van der Waals surface area contributed by atoms with Crippen molar-refractivity contribution in [2.45, 2.75) is 51.0 Å². The summed E-state index contributed by atoms with van der Waals surface area (Å²) >= 11 is 0. The molecule has 4 nitrogen and oxygen atoms in total. The van der Waals surface area contributed by atoms with Crippen molar-refractivity contribution in [3.8, 4) is 0 Å². The number of hydrogen-bond donors (Lipinski definition) is 3. The molecule has 4 heteroatoms. The highest BCUT2D eigenvalue weighted by atomic mass is 16.3. The van der Waals surface area contributed by atoms with Crippen LogP contribution in [0.3, 0.4) is 0 Å². The normalized spacial score (nSPS) is 19.6. The second-order valence-electron chi connectivity index (χ2n) is 6.81. The molecule has 0 aromatic heterocycles. The summed E-state index contributed by atoms with van der Waals surface area (Å²) in [6, 6.07) is 9.84. The van der Waals surface area contributed by atoms with Crippen LogP contribution >= 0.6 is 0 Å². The predicted molar refractivity (Wildman–Crippen MR) is 86.4 cm³/mol. The zero-order chi connectivity index (χ0) is 16.1. The maximum absolute atomic E-state index is 12.3. The van der Waals surface area contributed by atoms with E-state index in [1.54, 1.807) is 6.92 Å². The highest BCUT2D eigenvalue weighted by Crippen LogP contribution is 2.37. The van der Waals surface area contributed by atoms with Crippen molar-refractivity contribution < 1.29 is 15.0 Å². The van der Waals surface area contributed by atoms with Crippen molar-refractivity contribution in [1.29, 1.82) is 0 Å². The number of rotatable bonds is 7. The molecule has 0 radical (unpaired) electrons. The van der Waals surface area contributed by atoms with Gasteiger partial charge in [-0.25, -0.2) is 0 Å². The average Bonchev–Trinajstić information content (AvgIpc) is 3.01. The quantitative estimate of drug-likeness (QED) is 0.722. The summed E-state index contributed by atoms with van der Waals surface area (Å²) in [6.07, 6.45) is 5.12. The van der Waals surface area contributed by atoms with E-state index in [0.29, 0.717) is 19.4 Å². The molecule has 1 aliphatic rings. The van der Waals surface area contributed by atoms with Crippen molar-refractivity contribution in [3.05, 3.63) is 35.9 Å². The van der Waals surface area contributed by atoms with E-state index in [9.17, 15) is 15.0 Å². The number of nitrogens with one attached hydrogen (secondary N) is 1. The fourth-order valence-electron chi connectivity index (χ4n) is 3.12. The molecule has 3 N–H and O–H groups in total. The van der Waals surface area contributed by atoms with Gasteiger partial charge in [0.05, 0.1) is 6.61 Å². The molecule has 2 rings (SSSR count). The van der Waals surface area contributed by atoms with E-state index in [1.807, 2.05) is 30.3 Å². The maximum Gasteiger partial charge on any atom is 0.251 e. The molecule has 1 aliphatic carbocycles. The zero-order valence-corrected chi connectivity index (χ0v) is 13.3. The molecule has 22 heavy (non-hydrogen) atoms. The van der Waals surface area contributed by atoms with Crippen LogP contribution in [0.4, 0.5) is 0 Å². The number of amides is 1. The Hall–Kier alpha value is -1.39. The van der Waals surface area contributed by atoms with E-state index in [-0.39, 0.29) is 17.9 Å². The topological polar surface area (TPSA) is 69.6 Å². The van der Waals surface area contributed by atoms with E-state index < -0.39 is 5.60 Å². The zero-order valence-electron chi connectivity index (χ0n) is 13.3. The summed E-state index contributed by atoms with van der Waals surface area (Å²) in [5, 5.41) is 22.8. The van der Waals surface area contributed by atoms with Crippen LogP contribution in [0.1, 0.15) is 44.6 Å². The van der Waals surface area contributed by atoms with Crippen molar-refractivity contribution in [3.63, 3.8) is 0 Å². The number of benzene rings is 1. The van der Waals surface area contributed by atoms with Crippen molar-refractivity contribution in [2.75, 3.05) is 13.2 Å². The number of carbonyl (C=O) groups excluding carboxylic acids is 1. The summed E-state index contributed by atoms with van der Waals surface area (Å²) in [5.41, 5.74) is -0.464. The molecule has 1 aromatic carbocycles. The van der Waals surface area contributed by atoms with Gasteiger partial charge in [0.15, 0.2) is 0 Å². The summed E-state index contributed by atoms with van der Waals surface area (Å²) in [7, 11) is 0. The Labute approximate surface area is 132 Å². The van der Waals surface area contributed by atoms with E-state index in [2.05, 4.69) is 5.32 Å². The number of aliphatic hydroxyl groups is 2. The van der Waals surface area contributed by atoms with Crippen LogP contribution in [0.25, 0.3) is 0 Å². The second-order valence-corrected chi connectivity index (χ2v) is 6.81. The molecular formula is C18H27NO3. The molecule has 0 heterocycles. The minimum Gasteiger partial charge on any atom is -0.396 e. The first-order valence-corrected chi connectivity index (χ1v) is 8.13. The van der Waals surface area contributed by atoms with Crippen molar-refractivity contribution >= 4 is 5.91 Å². The van der Waals surface area contributed by atoms with Gasteiger partial charge < -0.3 is 15.5 Å². The Balaban J connectivity index is 1.84. The SMILES string of the molecule is C[C@](O)(CCc1ccccc1)C(=O)NCC1(CO)CCCC1. The maximum atomic E-state index is 12.3. The predicted octanol–water partition coefficient (Wildman–Crippen LogP) is 2.04. The van der Waals surface area contributed by atoms with Crippen LogP contribution in [0.2, 0.25) is 0 Å². The molecule has 122 valence electrons. The largest absolute Gasteiger partial charge is 0.396 e. The van der Waals surface area contributed by atoms with Crippen molar-refractivity contribution in [2.24, 2.45) is 5.41 Å². The van der Waals surface area contributed by atoms with E-state index in [0.717, 1.165) is 31.2 Å². The van der Waals surface area contributed by atoms with E-state index in [4.69, 9.17) is 0 Å². The monoisotopic (exact) mass is 305 g/mol. The van der Waals surface area contributed by atoms with Crippen LogP contribution in [0.5, 0.6) is 0 Å². The summed E-state index contributed by atoms with van der Waals surface area (Å²) < 4.78 is 0. The molecule has 0 saturated heterocycles. The highest BCUT2D eigenvalue weighted by Gasteiger charge is 2.36. The van der Waals surface area contributed by atoms with Gasteiger partial charge in [0.25, 0.3) is 5.91 Å². The van der Waals surface area contributed by atoms with Gasteiger partial charge in [-0.05, 0) is 38.2 Å². The van der Waals surface area contributed by atoms with Gasteiger partial charge in [0.2, 0.25) is 0 Å². The average molecular weight is 305 g/mol. The van der Waals surface area contributed by atoms with Gasteiger partial charge in [-0.1, -0.05) is 43.2 Å². The Morgan fingerprint density at radius 3 is 2.50 bits per heavy atom. The Kier molecular flexibility index (Phi) is 5.59. The molecular weight excluding hydrogens is 278 g/mol. The van der Waals surface area contributed by atoms with Gasteiger partial charge in [-0.15, -0.1) is 0 Å². The fraction of sp³-hybridized carbons (Fsp3) is 0.611. The summed E-state index contributed by atoms with van der Waals surface area (Å²) in [5.74, 6) is -0.344. The second kappa shape index (κ2) is 7.25. The lowest BCUT2D eigenvalue weighted by molar-refractivity contribution is -0.139. The van der Waals surface area contributed by atoms with E-state index >= 15 is 0 Å². The van der Waals surface area contributed by atoms with Gasteiger partial charge >= 0.3 is 0 Å². The molecule has 1 atom stereocenters. The summed E-state index contributed by atoms with van der Waals surface area (Å²) in [6.45, 7) is 2.11. The Morgan fingerprint density at radius 2 is 1.91 bits per heavy atom. The lowest BCUT2D eigenvalue weighted by Crippen LogP contribution is -2.48. The number of aryl methyl sites for hydroxylation is 1. The minimum atomic E-state index is -1.38. The van der Waals surface area contributed by atoms with E-state index in [1.165, 1.54) is 0 Å². The molecule has 1 fully saturated rings. The molecule has 0 spiro atoms. The molecule has 1 aromatic rings. The third-order valence-corrected chi connectivity index (χ3v) is 4.86. The van der Waals surface area contributed by atoms with Crippen LogP contribution in [0, 0.1) is 5.41 Å². The van der Waals surface area contributed by atoms with Crippen LogP contribution in [-0.4, -0.2) is 34.9 Å². The van der Waals surface area contributed by atoms with Crippen LogP contribution in [0.15, 0.2) is 30.3 Å². The van der Waals surface area contributed by atoms with Crippen molar-refractivity contribution in [1.82, 2.24) is 5.32 Å². The molecule has 1 amide bonds. The molecule has 0 bridgehead atoms. The van der Waals surface area contributed by atoms with Crippen LogP contribution < -0.4 is 5.32 Å². The number of hydrogen-bond acceptors (Lipinski definition) is 3. The van der Waals surface area contributed by atoms with Gasteiger partial charge in [-0.3, -0.25) is 4.79 Å². The fourth-order valence-corrected chi connectivity index (χ4v) is 3.12. The first-order chi connectivity index (χ1) is 10.5. The first-order valence-electron chi connectivity index (χ1n) is 8.13. The van der Waals surface area contributed by atoms with Crippen LogP contribution in [-0.2, 0) is 11.2 Å². The molecule has 1 saturated carbocycles. The summed E-state index contributed by atoms with van der Waals surface area (Å²) in [4.78, 5) is 12.3. The van der Waals surface area contributed by atoms with Gasteiger partial charge in [0, 0.05) is 12.0 Å². The number of aliphatic hydroxyl groups excluding tert-OH is 1.